The standard InChI is InChI=1S/C15H15BrN2O3/c1-2-21-15-6-4-3-5-11(15)10-17-14-8-7-12(18(19)20)9-13(14)16/h3-9,17H,2,10H2,1H3. The fraction of sp³-hybridized carbons (Fsp3) is 0.200. The molecule has 0 radical (unpaired) electrons. The third-order valence-corrected chi connectivity index (χ3v) is 3.56. The molecule has 0 aliphatic carbocycles. The largest absolute Gasteiger partial charge is 0.494 e. The van der Waals surface area contributed by atoms with Gasteiger partial charge in [-0.15, -0.1) is 0 Å². The summed E-state index contributed by atoms with van der Waals surface area (Å²) in [6.07, 6.45) is 0. The van der Waals surface area contributed by atoms with Crippen LogP contribution in [-0.2, 0) is 6.54 Å². The number of nitrogens with one attached hydrogen (secondary N) is 1. The van der Waals surface area contributed by atoms with Crippen LogP contribution >= 0.6 is 15.9 Å². The smallest absolute Gasteiger partial charge is 0.270 e. The Morgan fingerprint density at radius 2 is 2.05 bits per heavy atom. The minimum atomic E-state index is -0.418. The molecular formula is C15H15BrN2O3. The molecule has 0 aliphatic rings. The number of nitrogens with zero attached hydrogens (tertiary/aromatic N) is 1. The molecule has 0 aliphatic heterocycles. The predicted molar refractivity (Wildman–Crippen MR) is 85.7 cm³/mol. The molecule has 0 atom stereocenters. The van der Waals surface area contributed by atoms with Gasteiger partial charge in [-0.05, 0) is 35.0 Å². The molecule has 0 fully saturated rings. The molecule has 0 heterocycles. The van der Waals surface area contributed by atoms with E-state index >= 15 is 0 Å². The molecule has 0 saturated heterocycles. The summed E-state index contributed by atoms with van der Waals surface area (Å²) in [6, 6.07) is 12.4. The third kappa shape index (κ3) is 3.95. The van der Waals surface area contributed by atoms with Gasteiger partial charge in [0.1, 0.15) is 5.75 Å². The van der Waals surface area contributed by atoms with E-state index in [1.165, 1.54) is 12.1 Å². The second-order valence-electron chi connectivity index (χ2n) is 4.32. The van der Waals surface area contributed by atoms with E-state index in [0.717, 1.165) is 17.0 Å². The molecule has 6 heteroatoms. The van der Waals surface area contributed by atoms with Crippen LogP contribution in [0.2, 0.25) is 0 Å². The molecule has 0 amide bonds. The van der Waals surface area contributed by atoms with Crippen LogP contribution in [0, 0.1) is 10.1 Å². The van der Waals surface area contributed by atoms with E-state index in [-0.39, 0.29) is 5.69 Å². The molecule has 2 aromatic carbocycles. The van der Waals surface area contributed by atoms with Gasteiger partial charge in [-0.3, -0.25) is 10.1 Å². The Labute approximate surface area is 131 Å². The zero-order chi connectivity index (χ0) is 15.2. The summed E-state index contributed by atoms with van der Waals surface area (Å²) in [5.74, 6) is 0.838. The Morgan fingerprint density at radius 3 is 2.71 bits per heavy atom. The van der Waals surface area contributed by atoms with Crippen molar-refractivity contribution in [3.05, 3.63) is 62.6 Å². The number of ether oxygens (including phenoxy) is 1. The van der Waals surface area contributed by atoms with Crippen molar-refractivity contribution >= 4 is 27.3 Å². The van der Waals surface area contributed by atoms with E-state index < -0.39 is 4.92 Å². The zero-order valence-corrected chi connectivity index (χ0v) is 13.1. The number of nitro benzene ring substituents is 1. The number of anilines is 1. The van der Waals surface area contributed by atoms with Gasteiger partial charge in [-0.2, -0.15) is 0 Å². The molecule has 0 bridgehead atoms. The molecule has 1 N–H and O–H groups in total. The number of para-hydroxylation sites is 1. The lowest BCUT2D eigenvalue weighted by Gasteiger charge is -2.12. The first-order valence-electron chi connectivity index (χ1n) is 6.50. The van der Waals surface area contributed by atoms with Crippen molar-refractivity contribution in [1.82, 2.24) is 0 Å². The molecule has 21 heavy (non-hydrogen) atoms. The maximum Gasteiger partial charge on any atom is 0.270 e. The highest BCUT2D eigenvalue weighted by Gasteiger charge is 2.09. The Balaban J connectivity index is 2.11. The van der Waals surface area contributed by atoms with Crippen LogP contribution < -0.4 is 10.1 Å². The average Bonchev–Trinajstić information content (AvgIpc) is 2.47. The summed E-state index contributed by atoms with van der Waals surface area (Å²) >= 11 is 3.34. The normalized spacial score (nSPS) is 10.2. The number of hydrogen-bond acceptors (Lipinski definition) is 4. The van der Waals surface area contributed by atoms with E-state index in [4.69, 9.17) is 4.74 Å². The van der Waals surface area contributed by atoms with Crippen LogP contribution in [0.1, 0.15) is 12.5 Å². The van der Waals surface area contributed by atoms with Crippen molar-refractivity contribution in [3.8, 4) is 5.75 Å². The summed E-state index contributed by atoms with van der Waals surface area (Å²) in [5.41, 5.74) is 1.89. The van der Waals surface area contributed by atoms with E-state index in [0.29, 0.717) is 17.6 Å². The van der Waals surface area contributed by atoms with Crippen molar-refractivity contribution in [2.45, 2.75) is 13.5 Å². The van der Waals surface area contributed by atoms with Gasteiger partial charge in [0.25, 0.3) is 5.69 Å². The zero-order valence-electron chi connectivity index (χ0n) is 11.5. The lowest BCUT2D eigenvalue weighted by atomic mass is 10.2. The van der Waals surface area contributed by atoms with E-state index in [1.807, 2.05) is 31.2 Å². The number of non-ortho nitro benzene ring substituents is 1. The SMILES string of the molecule is CCOc1ccccc1CNc1ccc([N+](=O)[O-])cc1Br. The number of halogens is 1. The molecule has 0 unspecified atom stereocenters. The van der Waals surface area contributed by atoms with Crippen molar-refractivity contribution in [2.24, 2.45) is 0 Å². The summed E-state index contributed by atoms with van der Waals surface area (Å²) in [6.45, 7) is 3.13. The van der Waals surface area contributed by atoms with E-state index in [1.54, 1.807) is 6.07 Å². The Bertz CT molecular complexity index is 647. The van der Waals surface area contributed by atoms with Crippen LogP contribution in [0.25, 0.3) is 0 Å². The fourth-order valence-electron chi connectivity index (χ4n) is 1.90. The Kier molecular flexibility index (Phi) is 5.16. The van der Waals surface area contributed by atoms with E-state index in [9.17, 15) is 10.1 Å². The lowest BCUT2D eigenvalue weighted by molar-refractivity contribution is -0.384. The van der Waals surface area contributed by atoms with Gasteiger partial charge in [-0.25, -0.2) is 0 Å². The second-order valence-corrected chi connectivity index (χ2v) is 5.17. The highest BCUT2D eigenvalue weighted by Crippen LogP contribution is 2.28. The van der Waals surface area contributed by atoms with Gasteiger partial charge in [-0.1, -0.05) is 18.2 Å². The lowest BCUT2D eigenvalue weighted by Crippen LogP contribution is -2.03. The monoisotopic (exact) mass is 350 g/mol. The Hall–Kier alpha value is -2.08. The third-order valence-electron chi connectivity index (χ3n) is 2.91. The van der Waals surface area contributed by atoms with E-state index in [2.05, 4.69) is 21.2 Å². The minimum Gasteiger partial charge on any atom is -0.494 e. The molecule has 110 valence electrons. The number of benzene rings is 2. The van der Waals surface area contributed by atoms with Gasteiger partial charge in [0.2, 0.25) is 0 Å². The number of nitro groups is 1. The minimum absolute atomic E-state index is 0.0575. The molecule has 0 aromatic heterocycles. The highest BCUT2D eigenvalue weighted by atomic mass is 79.9. The summed E-state index contributed by atoms with van der Waals surface area (Å²) < 4.78 is 6.22. The fourth-order valence-corrected chi connectivity index (χ4v) is 2.40. The quantitative estimate of drug-likeness (QED) is 0.620. The maximum absolute atomic E-state index is 10.7. The second kappa shape index (κ2) is 7.08. The summed E-state index contributed by atoms with van der Waals surface area (Å²) in [7, 11) is 0. The first-order valence-corrected chi connectivity index (χ1v) is 7.29. The number of hydrogen-bond donors (Lipinski definition) is 1. The topological polar surface area (TPSA) is 64.4 Å². The van der Waals surface area contributed by atoms with Crippen molar-refractivity contribution in [1.29, 1.82) is 0 Å². The van der Waals surface area contributed by atoms with Gasteiger partial charge in [0, 0.05) is 34.4 Å². The average molecular weight is 351 g/mol. The van der Waals surface area contributed by atoms with Crippen molar-refractivity contribution in [3.63, 3.8) is 0 Å². The van der Waals surface area contributed by atoms with Crippen LogP contribution in [0.5, 0.6) is 5.75 Å². The Morgan fingerprint density at radius 1 is 1.29 bits per heavy atom. The van der Waals surface area contributed by atoms with Gasteiger partial charge >= 0.3 is 0 Å². The van der Waals surface area contributed by atoms with Crippen molar-refractivity contribution in [2.75, 3.05) is 11.9 Å². The van der Waals surface area contributed by atoms with Crippen LogP contribution in [0.15, 0.2) is 46.9 Å². The first-order chi connectivity index (χ1) is 10.1. The maximum atomic E-state index is 10.7. The molecule has 5 nitrogen and oxygen atoms in total. The summed E-state index contributed by atoms with van der Waals surface area (Å²) in [4.78, 5) is 10.3. The molecular weight excluding hydrogens is 336 g/mol. The molecule has 2 rings (SSSR count). The highest BCUT2D eigenvalue weighted by molar-refractivity contribution is 9.10. The summed E-state index contributed by atoms with van der Waals surface area (Å²) in [5, 5.41) is 14.0. The van der Waals surface area contributed by atoms with Crippen molar-refractivity contribution < 1.29 is 9.66 Å². The van der Waals surface area contributed by atoms with Crippen LogP contribution in [0.4, 0.5) is 11.4 Å². The predicted octanol–water partition coefficient (Wildman–Crippen LogP) is 4.37. The molecule has 2 aromatic rings. The number of rotatable bonds is 6. The van der Waals surface area contributed by atoms with Gasteiger partial charge in [0.15, 0.2) is 0 Å². The van der Waals surface area contributed by atoms with Gasteiger partial charge < -0.3 is 10.1 Å². The molecule has 0 saturated carbocycles. The van der Waals surface area contributed by atoms with Crippen LogP contribution in [0.3, 0.4) is 0 Å². The van der Waals surface area contributed by atoms with Gasteiger partial charge in [0.05, 0.1) is 11.5 Å². The first kappa shape index (κ1) is 15.3. The van der Waals surface area contributed by atoms with Crippen LogP contribution in [-0.4, -0.2) is 11.5 Å². The molecule has 0 spiro atoms.